The molecule has 0 saturated carbocycles. The predicted molar refractivity (Wildman–Crippen MR) is 77.3 cm³/mol. The van der Waals surface area contributed by atoms with Crippen LogP contribution in [-0.4, -0.2) is 21.4 Å². The van der Waals surface area contributed by atoms with Crippen LogP contribution in [0.25, 0.3) is 0 Å². The van der Waals surface area contributed by atoms with E-state index in [0.717, 1.165) is 17.7 Å². The normalized spacial score (nSPS) is 10.4. The van der Waals surface area contributed by atoms with Crippen molar-refractivity contribution in [2.75, 3.05) is 6.54 Å². The smallest absolute Gasteiger partial charge is 0.321 e. The number of aromatic nitrogens is 2. The number of rotatable bonds is 6. The fourth-order valence-corrected chi connectivity index (χ4v) is 1.67. The van der Waals surface area contributed by atoms with Gasteiger partial charge in [-0.25, -0.2) is 9.97 Å². The minimum Gasteiger partial charge on any atom is -0.424 e. The largest absolute Gasteiger partial charge is 0.424 e. The maximum Gasteiger partial charge on any atom is 0.321 e. The Morgan fingerprint density at radius 3 is 2.67 bits per heavy atom. The Morgan fingerprint density at radius 1 is 1.33 bits per heavy atom. The van der Waals surface area contributed by atoms with Crippen LogP contribution in [0.3, 0.4) is 0 Å². The number of hydrogen-bond acceptors (Lipinski definition) is 6. The molecule has 1 heterocycles. The number of non-ortho nitro benzene ring substituents is 1. The number of hydrogen-bond donors (Lipinski definition) is 1. The summed E-state index contributed by atoms with van der Waals surface area (Å²) in [6.45, 7) is 5.37. The highest BCUT2D eigenvalue weighted by Gasteiger charge is 2.11. The van der Waals surface area contributed by atoms with Crippen molar-refractivity contribution in [3.63, 3.8) is 0 Å². The van der Waals surface area contributed by atoms with Gasteiger partial charge in [0.05, 0.1) is 11.0 Å². The predicted octanol–water partition coefficient (Wildman–Crippen LogP) is 2.60. The molecule has 0 spiro atoms. The zero-order chi connectivity index (χ0) is 15.2. The van der Waals surface area contributed by atoms with E-state index in [1.54, 1.807) is 25.4 Å². The molecule has 0 atom stereocenters. The number of nitro groups is 1. The Hall–Kier alpha value is -2.54. The molecule has 0 aliphatic heterocycles. The fraction of sp³-hybridized carbons (Fsp3) is 0.286. The van der Waals surface area contributed by atoms with Crippen LogP contribution in [0.5, 0.6) is 11.8 Å². The van der Waals surface area contributed by atoms with E-state index in [1.165, 1.54) is 12.1 Å². The monoisotopic (exact) mass is 288 g/mol. The third-order valence-electron chi connectivity index (χ3n) is 2.84. The molecule has 0 bridgehead atoms. The van der Waals surface area contributed by atoms with Crippen molar-refractivity contribution in [3.8, 4) is 11.8 Å². The molecule has 0 saturated heterocycles. The van der Waals surface area contributed by atoms with Crippen molar-refractivity contribution < 1.29 is 9.66 Å². The van der Waals surface area contributed by atoms with Gasteiger partial charge in [0.2, 0.25) is 0 Å². The first-order valence-corrected chi connectivity index (χ1v) is 6.54. The molecule has 0 unspecified atom stereocenters. The minimum absolute atomic E-state index is 0.0284. The minimum atomic E-state index is -0.466. The van der Waals surface area contributed by atoms with Crippen LogP contribution >= 0.6 is 0 Å². The van der Waals surface area contributed by atoms with E-state index in [2.05, 4.69) is 15.3 Å². The third kappa shape index (κ3) is 3.96. The summed E-state index contributed by atoms with van der Waals surface area (Å²) < 4.78 is 5.51. The van der Waals surface area contributed by atoms with Crippen molar-refractivity contribution in [2.24, 2.45) is 0 Å². The van der Waals surface area contributed by atoms with E-state index in [1.807, 2.05) is 6.92 Å². The molecule has 1 N–H and O–H groups in total. The number of aryl methyl sites for hydroxylation is 1. The molecule has 21 heavy (non-hydrogen) atoms. The molecule has 7 heteroatoms. The maximum absolute atomic E-state index is 10.8. The maximum atomic E-state index is 10.8. The van der Waals surface area contributed by atoms with Crippen LogP contribution in [0, 0.1) is 17.0 Å². The lowest BCUT2D eigenvalue weighted by atomic mass is 10.2. The van der Waals surface area contributed by atoms with Crippen LogP contribution in [0.4, 0.5) is 5.69 Å². The van der Waals surface area contributed by atoms with Crippen LogP contribution in [0.2, 0.25) is 0 Å². The Balaban J connectivity index is 2.14. The fourth-order valence-electron chi connectivity index (χ4n) is 1.67. The lowest BCUT2D eigenvalue weighted by molar-refractivity contribution is -0.384. The van der Waals surface area contributed by atoms with E-state index in [-0.39, 0.29) is 11.7 Å². The highest BCUT2D eigenvalue weighted by Crippen LogP contribution is 2.27. The molecule has 0 aliphatic rings. The summed E-state index contributed by atoms with van der Waals surface area (Å²) in [7, 11) is 0. The molecule has 1 aromatic carbocycles. The number of nitro benzene ring substituents is 1. The van der Waals surface area contributed by atoms with Crippen LogP contribution in [0.1, 0.15) is 18.1 Å². The molecule has 0 aliphatic carbocycles. The Labute approximate surface area is 122 Å². The highest BCUT2D eigenvalue weighted by atomic mass is 16.6. The second-order valence-corrected chi connectivity index (χ2v) is 4.46. The molecular formula is C14H16N4O3. The SMILES string of the molecule is CCNCc1cnc(Oc2cc([N+](=O)[O-])ccc2C)nc1. The summed E-state index contributed by atoms with van der Waals surface area (Å²) >= 11 is 0. The van der Waals surface area contributed by atoms with E-state index >= 15 is 0 Å². The third-order valence-corrected chi connectivity index (χ3v) is 2.84. The quantitative estimate of drug-likeness (QED) is 0.649. The Morgan fingerprint density at radius 2 is 2.05 bits per heavy atom. The van der Waals surface area contributed by atoms with Crippen molar-refractivity contribution in [3.05, 3.63) is 51.8 Å². The molecule has 7 nitrogen and oxygen atoms in total. The summed E-state index contributed by atoms with van der Waals surface area (Å²) in [6.07, 6.45) is 3.33. The van der Waals surface area contributed by atoms with E-state index in [9.17, 15) is 10.1 Å². The Kier molecular flexibility index (Phi) is 4.78. The standard InChI is InChI=1S/C14H16N4O3/c1-3-15-7-11-8-16-14(17-9-11)21-13-6-12(18(19)20)5-4-10(13)2/h4-6,8-9,15H,3,7H2,1-2H3. The van der Waals surface area contributed by atoms with Gasteiger partial charge in [0.25, 0.3) is 5.69 Å². The lowest BCUT2D eigenvalue weighted by Gasteiger charge is -2.07. The van der Waals surface area contributed by atoms with Crippen molar-refractivity contribution >= 4 is 5.69 Å². The van der Waals surface area contributed by atoms with Gasteiger partial charge in [-0.1, -0.05) is 6.92 Å². The van der Waals surface area contributed by atoms with Gasteiger partial charge in [-0.2, -0.15) is 0 Å². The molecular weight excluding hydrogens is 272 g/mol. The number of nitrogens with one attached hydrogen (secondary N) is 1. The molecule has 0 radical (unpaired) electrons. The average Bonchev–Trinajstić information content (AvgIpc) is 2.48. The highest BCUT2D eigenvalue weighted by molar-refractivity contribution is 5.44. The van der Waals surface area contributed by atoms with Gasteiger partial charge < -0.3 is 10.1 Å². The van der Waals surface area contributed by atoms with Crippen LogP contribution in [-0.2, 0) is 6.54 Å². The lowest BCUT2D eigenvalue weighted by Crippen LogP contribution is -2.12. The molecule has 0 amide bonds. The van der Waals surface area contributed by atoms with Gasteiger partial charge in [-0.3, -0.25) is 10.1 Å². The molecule has 1 aromatic heterocycles. The van der Waals surface area contributed by atoms with E-state index in [0.29, 0.717) is 12.3 Å². The second kappa shape index (κ2) is 6.76. The number of nitrogens with zero attached hydrogens (tertiary/aromatic N) is 3. The number of benzene rings is 1. The van der Waals surface area contributed by atoms with Gasteiger partial charge in [0.15, 0.2) is 0 Å². The summed E-state index contributed by atoms with van der Waals surface area (Å²) in [5, 5.41) is 13.9. The Bertz CT molecular complexity index is 629. The van der Waals surface area contributed by atoms with Crippen molar-refractivity contribution in [2.45, 2.75) is 20.4 Å². The average molecular weight is 288 g/mol. The first-order valence-electron chi connectivity index (χ1n) is 6.54. The molecule has 2 rings (SSSR count). The van der Waals surface area contributed by atoms with Gasteiger partial charge >= 0.3 is 6.01 Å². The van der Waals surface area contributed by atoms with Crippen molar-refractivity contribution in [1.29, 1.82) is 0 Å². The number of ether oxygens (including phenoxy) is 1. The zero-order valence-corrected chi connectivity index (χ0v) is 11.9. The van der Waals surface area contributed by atoms with Crippen molar-refractivity contribution in [1.82, 2.24) is 15.3 Å². The molecule has 0 fully saturated rings. The first-order chi connectivity index (χ1) is 10.1. The summed E-state index contributed by atoms with van der Waals surface area (Å²) in [5.74, 6) is 0.378. The van der Waals surface area contributed by atoms with Gasteiger partial charge in [-0.15, -0.1) is 0 Å². The molecule has 2 aromatic rings. The van der Waals surface area contributed by atoms with E-state index < -0.39 is 4.92 Å². The van der Waals surface area contributed by atoms with E-state index in [4.69, 9.17) is 4.74 Å². The van der Waals surface area contributed by atoms with Gasteiger partial charge in [-0.05, 0) is 25.1 Å². The summed E-state index contributed by atoms with van der Waals surface area (Å²) in [5.41, 5.74) is 1.69. The summed E-state index contributed by atoms with van der Waals surface area (Å²) in [6, 6.07) is 4.60. The molecule has 110 valence electrons. The first kappa shape index (κ1) is 14.9. The van der Waals surface area contributed by atoms with Gasteiger partial charge in [0, 0.05) is 30.6 Å². The zero-order valence-electron chi connectivity index (χ0n) is 11.9. The van der Waals surface area contributed by atoms with Crippen LogP contribution in [0.15, 0.2) is 30.6 Å². The summed E-state index contributed by atoms with van der Waals surface area (Å²) in [4.78, 5) is 18.5. The van der Waals surface area contributed by atoms with Gasteiger partial charge in [0.1, 0.15) is 5.75 Å². The topological polar surface area (TPSA) is 90.2 Å². The second-order valence-electron chi connectivity index (χ2n) is 4.46. The van der Waals surface area contributed by atoms with Crippen LogP contribution < -0.4 is 10.1 Å².